The molecule has 2 atom stereocenters. The van der Waals surface area contributed by atoms with Gasteiger partial charge < -0.3 is 15.2 Å². The maximum atomic E-state index is 12.7. The number of carbonyl (C=O) groups excluding carboxylic acids is 1. The van der Waals surface area contributed by atoms with Crippen molar-refractivity contribution in [3.8, 4) is 0 Å². The molecule has 1 amide bonds. The lowest BCUT2D eigenvalue weighted by atomic mass is 9.91. The average molecular weight is 307 g/mol. The van der Waals surface area contributed by atoms with Crippen LogP contribution in [0.15, 0.2) is 6.33 Å². The van der Waals surface area contributed by atoms with Crippen molar-refractivity contribution in [2.24, 2.45) is 5.73 Å². The summed E-state index contributed by atoms with van der Waals surface area (Å²) in [4.78, 5) is 14.6. The number of nitrogens with zero attached hydrogens (tertiary/aromatic N) is 4. The largest absolute Gasteiger partial charge is 0.340 e. The minimum atomic E-state index is -0.762. The van der Waals surface area contributed by atoms with Crippen molar-refractivity contribution in [3.63, 3.8) is 0 Å². The molecule has 1 aliphatic rings. The topological polar surface area (TPSA) is 77.0 Å². The molecule has 0 spiro atoms. The Balaban J connectivity index is 2.12. The van der Waals surface area contributed by atoms with Crippen LogP contribution < -0.4 is 5.73 Å². The second kappa shape index (κ2) is 6.77. The van der Waals surface area contributed by atoms with E-state index in [0.29, 0.717) is 12.6 Å². The molecule has 0 aliphatic carbocycles. The molecule has 0 radical (unpaired) electrons. The van der Waals surface area contributed by atoms with Gasteiger partial charge in [0.15, 0.2) is 0 Å². The Hall–Kier alpha value is -1.43. The molecular weight excluding hydrogens is 278 g/mol. The Morgan fingerprint density at radius 3 is 2.91 bits per heavy atom. The van der Waals surface area contributed by atoms with Gasteiger partial charge in [0.1, 0.15) is 12.2 Å². The number of likely N-dealkylation sites (tertiary alicyclic amines) is 1. The van der Waals surface area contributed by atoms with Crippen molar-refractivity contribution in [2.75, 3.05) is 13.1 Å². The highest BCUT2D eigenvalue weighted by molar-refractivity contribution is 5.85. The van der Waals surface area contributed by atoms with E-state index in [0.717, 1.165) is 38.1 Å². The molecule has 0 saturated carbocycles. The molecule has 0 bridgehead atoms. The number of rotatable bonds is 5. The normalized spacial score (nSPS) is 21.9. The Morgan fingerprint density at radius 2 is 2.27 bits per heavy atom. The third-order valence-electron chi connectivity index (χ3n) is 4.49. The van der Waals surface area contributed by atoms with E-state index in [4.69, 9.17) is 5.73 Å². The van der Waals surface area contributed by atoms with Gasteiger partial charge in [0, 0.05) is 25.0 Å². The fraction of sp³-hybridized carbons (Fsp3) is 0.812. The van der Waals surface area contributed by atoms with E-state index in [1.54, 1.807) is 6.33 Å². The zero-order chi connectivity index (χ0) is 16.3. The van der Waals surface area contributed by atoms with Gasteiger partial charge in [-0.3, -0.25) is 4.79 Å². The van der Waals surface area contributed by atoms with Crippen LogP contribution in [0.4, 0.5) is 0 Å². The number of hydrogen-bond donors (Lipinski definition) is 1. The fourth-order valence-corrected chi connectivity index (χ4v) is 3.30. The second-order valence-electron chi connectivity index (χ2n) is 6.95. The van der Waals surface area contributed by atoms with Gasteiger partial charge in [-0.1, -0.05) is 13.3 Å². The molecule has 1 fully saturated rings. The standard InChI is InChI=1S/C16H29N5O/c1-5-8-16(4,17)15(22)20-9-6-7-13(10-20)14-19-18-11-21(14)12(2)3/h11-13H,5-10,17H2,1-4H3. The molecule has 1 aromatic rings. The van der Waals surface area contributed by atoms with Gasteiger partial charge >= 0.3 is 0 Å². The molecule has 1 saturated heterocycles. The third-order valence-corrected chi connectivity index (χ3v) is 4.49. The predicted molar refractivity (Wildman–Crippen MR) is 86.5 cm³/mol. The van der Waals surface area contributed by atoms with Crippen LogP contribution in [0.1, 0.15) is 71.2 Å². The molecule has 6 nitrogen and oxygen atoms in total. The lowest BCUT2D eigenvalue weighted by Crippen LogP contribution is -2.55. The van der Waals surface area contributed by atoms with Crippen LogP contribution in [0, 0.1) is 0 Å². The van der Waals surface area contributed by atoms with Crippen molar-refractivity contribution >= 4 is 5.91 Å². The van der Waals surface area contributed by atoms with E-state index in [9.17, 15) is 4.79 Å². The first kappa shape index (κ1) is 16.9. The Labute approximate surface area is 133 Å². The van der Waals surface area contributed by atoms with Gasteiger partial charge in [-0.2, -0.15) is 0 Å². The van der Waals surface area contributed by atoms with E-state index in [1.807, 2.05) is 11.8 Å². The van der Waals surface area contributed by atoms with Crippen LogP contribution in [0.5, 0.6) is 0 Å². The Morgan fingerprint density at radius 1 is 1.55 bits per heavy atom. The quantitative estimate of drug-likeness (QED) is 0.903. The van der Waals surface area contributed by atoms with Crippen LogP contribution in [0.3, 0.4) is 0 Å². The molecule has 6 heteroatoms. The van der Waals surface area contributed by atoms with Crippen LogP contribution in [-0.2, 0) is 4.79 Å². The van der Waals surface area contributed by atoms with Gasteiger partial charge in [0.2, 0.25) is 5.91 Å². The summed E-state index contributed by atoms with van der Waals surface area (Å²) in [5, 5.41) is 8.35. The second-order valence-corrected chi connectivity index (χ2v) is 6.95. The third kappa shape index (κ3) is 3.48. The minimum absolute atomic E-state index is 0.0645. The SMILES string of the molecule is CCCC(C)(N)C(=O)N1CCCC(c2nncn2C(C)C)C1. The lowest BCUT2D eigenvalue weighted by molar-refractivity contribution is -0.138. The summed E-state index contributed by atoms with van der Waals surface area (Å²) in [5.41, 5.74) is 5.46. The van der Waals surface area contributed by atoms with Crippen molar-refractivity contribution in [1.29, 1.82) is 0 Å². The van der Waals surface area contributed by atoms with Crippen molar-refractivity contribution < 1.29 is 4.79 Å². The number of aromatic nitrogens is 3. The summed E-state index contributed by atoms with van der Waals surface area (Å²) in [5.74, 6) is 1.30. The molecule has 1 aliphatic heterocycles. The fourth-order valence-electron chi connectivity index (χ4n) is 3.30. The highest BCUT2D eigenvalue weighted by Gasteiger charge is 2.35. The zero-order valence-corrected chi connectivity index (χ0v) is 14.2. The molecule has 2 heterocycles. The maximum absolute atomic E-state index is 12.7. The van der Waals surface area contributed by atoms with Crippen LogP contribution in [-0.4, -0.2) is 44.2 Å². The summed E-state index contributed by atoms with van der Waals surface area (Å²) >= 11 is 0. The first-order valence-electron chi connectivity index (χ1n) is 8.34. The first-order chi connectivity index (χ1) is 10.4. The number of piperidine rings is 1. The van der Waals surface area contributed by atoms with E-state index < -0.39 is 5.54 Å². The van der Waals surface area contributed by atoms with E-state index in [2.05, 4.69) is 35.5 Å². The summed E-state index contributed by atoms with van der Waals surface area (Å²) in [7, 11) is 0. The average Bonchev–Trinajstić information content (AvgIpc) is 2.96. The maximum Gasteiger partial charge on any atom is 0.242 e. The smallest absolute Gasteiger partial charge is 0.242 e. The molecule has 1 aromatic heterocycles. The summed E-state index contributed by atoms with van der Waals surface area (Å²) < 4.78 is 2.10. The molecule has 22 heavy (non-hydrogen) atoms. The summed E-state index contributed by atoms with van der Waals surface area (Å²) in [6.45, 7) is 9.64. The van der Waals surface area contributed by atoms with Crippen molar-refractivity contribution in [1.82, 2.24) is 19.7 Å². The van der Waals surface area contributed by atoms with Gasteiger partial charge in [-0.25, -0.2) is 0 Å². The van der Waals surface area contributed by atoms with Gasteiger partial charge in [-0.05, 0) is 40.0 Å². The monoisotopic (exact) mass is 307 g/mol. The Bertz CT molecular complexity index is 508. The zero-order valence-electron chi connectivity index (χ0n) is 14.2. The molecule has 0 aromatic carbocycles. The molecule has 2 rings (SSSR count). The van der Waals surface area contributed by atoms with Crippen LogP contribution in [0.25, 0.3) is 0 Å². The van der Waals surface area contributed by atoms with Crippen LogP contribution in [0.2, 0.25) is 0 Å². The highest BCUT2D eigenvalue weighted by atomic mass is 16.2. The Kier molecular flexibility index (Phi) is 5.21. The molecule has 2 N–H and O–H groups in total. The van der Waals surface area contributed by atoms with Gasteiger partial charge in [-0.15, -0.1) is 10.2 Å². The predicted octanol–water partition coefficient (Wildman–Crippen LogP) is 2.08. The summed E-state index contributed by atoms with van der Waals surface area (Å²) in [6, 6.07) is 0.330. The first-order valence-corrected chi connectivity index (χ1v) is 8.34. The lowest BCUT2D eigenvalue weighted by Gasteiger charge is -2.37. The highest BCUT2D eigenvalue weighted by Crippen LogP contribution is 2.28. The number of carbonyl (C=O) groups is 1. The minimum Gasteiger partial charge on any atom is -0.340 e. The van der Waals surface area contributed by atoms with Gasteiger partial charge in [0.25, 0.3) is 0 Å². The number of hydrogen-bond acceptors (Lipinski definition) is 4. The van der Waals surface area contributed by atoms with Gasteiger partial charge in [0.05, 0.1) is 5.54 Å². The number of nitrogens with two attached hydrogens (primary N) is 1. The van der Waals surface area contributed by atoms with Crippen LogP contribution >= 0.6 is 0 Å². The molecular formula is C16H29N5O. The van der Waals surface area contributed by atoms with E-state index >= 15 is 0 Å². The van der Waals surface area contributed by atoms with Crippen molar-refractivity contribution in [3.05, 3.63) is 12.2 Å². The summed E-state index contributed by atoms with van der Waals surface area (Å²) in [6.07, 6.45) is 5.45. The van der Waals surface area contributed by atoms with E-state index in [-0.39, 0.29) is 11.8 Å². The molecule has 124 valence electrons. The number of amides is 1. The van der Waals surface area contributed by atoms with E-state index in [1.165, 1.54) is 0 Å². The van der Waals surface area contributed by atoms with Crippen molar-refractivity contribution in [2.45, 2.75) is 70.9 Å². The molecule has 2 unspecified atom stereocenters.